The van der Waals surface area contributed by atoms with Gasteiger partial charge < -0.3 is 25.8 Å². The summed E-state index contributed by atoms with van der Waals surface area (Å²) in [5.74, 6) is -0.101. The summed E-state index contributed by atoms with van der Waals surface area (Å²) in [6.07, 6.45) is -3.21. The lowest BCUT2D eigenvalue weighted by Crippen LogP contribution is -2.33. The van der Waals surface area contributed by atoms with Gasteiger partial charge in [-0.15, -0.1) is 0 Å². The number of H-pyrrole nitrogens is 1. The van der Waals surface area contributed by atoms with Crippen LogP contribution < -0.4 is 11.3 Å². The smallest absolute Gasteiger partial charge is 0.280 e. The molecule has 0 amide bonds. The van der Waals surface area contributed by atoms with Crippen molar-refractivity contribution in [1.82, 2.24) is 19.5 Å². The summed E-state index contributed by atoms with van der Waals surface area (Å²) < 4.78 is 6.64. The summed E-state index contributed by atoms with van der Waals surface area (Å²) in [4.78, 5) is 21.8. The fourth-order valence-corrected chi connectivity index (χ4v) is 2.24. The van der Waals surface area contributed by atoms with Crippen LogP contribution in [0, 0.1) is 0 Å². The first kappa shape index (κ1) is 13.0. The first-order valence-electron chi connectivity index (χ1n) is 5.87. The fraction of sp³-hybridized carbons (Fsp3) is 0.500. The van der Waals surface area contributed by atoms with Crippen LogP contribution in [-0.2, 0) is 4.74 Å². The Morgan fingerprint density at radius 3 is 2.85 bits per heavy atom. The number of nitrogen functional groups attached to an aromatic ring is 1. The summed E-state index contributed by atoms with van der Waals surface area (Å²) in [5.41, 5.74) is 5.12. The Balaban J connectivity index is 2.09. The molecule has 0 radical (unpaired) electrons. The summed E-state index contributed by atoms with van der Waals surface area (Å²) >= 11 is 0. The molecule has 4 atom stereocenters. The van der Waals surface area contributed by atoms with Gasteiger partial charge in [-0.2, -0.15) is 4.98 Å². The molecule has 0 aliphatic carbocycles. The highest BCUT2D eigenvalue weighted by molar-refractivity contribution is 5.70. The molecule has 108 valence electrons. The fourth-order valence-electron chi connectivity index (χ4n) is 2.24. The molecule has 1 fully saturated rings. The molecule has 2 aromatic rings. The van der Waals surface area contributed by atoms with Gasteiger partial charge in [-0.3, -0.25) is 14.3 Å². The van der Waals surface area contributed by atoms with E-state index in [1.165, 1.54) is 10.9 Å². The van der Waals surface area contributed by atoms with Crippen molar-refractivity contribution in [1.29, 1.82) is 0 Å². The average molecular weight is 283 g/mol. The average Bonchev–Trinajstić information content (AvgIpc) is 2.93. The zero-order chi connectivity index (χ0) is 14.4. The number of nitrogens with zero attached hydrogens (tertiary/aromatic N) is 3. The third-order valence-corrected chi connectivity index (χ3v) is 3.24. The number of rotatable bonds is 2. The number of fused-ring (bicyclic) bond motifs is 1. The molecule has 1 saturated heterocycles. The van der Waals surface area contributed by atoms with E-state index in [1.807, 2.05) is 0 Å². The van der Waals surface area contributed by atoms with Crippen LogP contribution in [0.2, 0.25) is 0 Å². The van der Waals surface area contributed by atoms with Crippen LogP contribution in [0.1, 0.15) is 6.23 Å². The second-order valence-electron chi connectivity index (χ2n) is 4.50. The number of imidazole rings is 1. The van der Waals surface area contributed by atoms with Crippen LogP contribution in [0.15, 0.2) is 11.1 Å². The van der Waals surface area contributed by atoms with Gasteiger partial charge >= 0.3 is 0 Å². The molecule has 6 N–H and O–H groups in total. The lowest BCUT2D eigenvalue weighted by Gasteiger charge is -2.16. The maximum absolute atomic E-state index is 11.7. The zero-order valence-corrected chi connectivity index (χ0v) is 10.2. The molecule has 0 saturated carbocycles. The Kier molecular flexibility index (Phi) is 2.94. The quantitative estimate of drug-likeness (QED) is 0.398. The van der Waals surface area contributed by atoms with E-state index in [9.17, 15) is 15.0 Å². The Hall–Kier alpha value is -2.01. The molecule has 3 heterocycles. The zero-order valence-electron chi connectivity index (χ0n) is 10.2. The number of aliphatic hydroxyl groups excluding tert-OH is 3. The van der Waals surface area contributed by atoms with Gasteiger partial charge in [-0.05, 0) is 0 Å². The van der Waals surface area contributed by atoms with E-state index in [4.69, 9.17) is 15.6 Å². The molecule has 20 heavy (non-hydrogen) atoms. The number of ether oxygens (including phenoxy) is 1. The largest absolute Gasteiger partial charge is 0.394 e. The van der Waals surface area contributed by atoms with E-state index in [-0.39, 0.29) is 17.1 Å². The normalized spacial score (nSPS) is 30.1. The van der Waals surface area contributed by atoms with E-state index >= 15 is 0 Å². The van der Waals surface area contributed by atoms with Gasteiger partial charge in [0.05, 0.1) is 12.9 Å². The van der Waals surface area contributed by atoms with Gasteiger partial charge in [0.1, 0.15) is 18.3 Å². The highest BCUT2D eigenvalue weighted by atomic mass is 16.6. The highest BCUT2D eigenvalue weighted by Crippen LogP contribution is 2.30. The minimum atomic E-state index is -1.29. The molecule has 3 rings (SSSR count). The number of nitrogens with two attached hydrogens (primary N) is 1. The van der Waals surface area contributed by atoms with Crippen LogP contribution in [0.3, 0.4) is 0 Å². The molecule has 1 aliphatic rings. The Bertz CT molecular complexity index is 697. The predicted molar refractivity (Wildman–Crippen MR) is 65.6 cm³/mol. The summed E-state index contributed by atoms with van der Waals surface area (Å²) in [5, 5.41) is 28.7. The Morgan fingerprint density at radius 1 is 1.45 bits per heavy atom. The summed E-state index contributed by atoms with van der Waals surface area (Å²) in [6, 6.07) is 0. The van der Waals surface area contributed by atoms with Crippen LogP contribution in [0.25, 0.3) is 11.2 Å². The van der Waals surface area contributed by atoms with Crippen LogP contribution in [0.5, 0.6) is 0 Å². The Labute approximate surface area is 111 Å². The van der Waals surface area contributed by atoms with Gasteiger partial charge in [0, 0.05) is 0 Å². The monoisotopic (exact) mass is 283 g/mol. The molecule has 0 bridgehead atoms. The van der Waals surface area contributed by atoms with Gasteiger partial charge in [-0.25, -0.2) is 4.98 Å². The number of hydrogen-bond acceptors (Lipinski definition) is 8. The first-order chi connectivity index (χ1) is 9.52. The number of aliphatic hydroxyl groups is 3. The SMILES string of the molecule is Nc1nc2c(ncn2C2OC(CO)[C@H](O)C2O)c(=O)[nH]1. The van der Waals surface area contributed by atoms with Crippen molar-refractivity contribution >= 4 is 17.1 Å². The molecular weight excluding hydrogens is 270 g/mol. The molecular formula is C10H13N5O5. The number of anilines is 1. The van der Waals surface area contributed by atoms with Crippen molar-refractivity contribution in [2.45, 2.75) is 24.5 Å². The van der Waals surface area contributed by atoms with Crippen molar-refractivity contribution in [2.24, 2.45) is 0 Å². The second kappa shape index (κ2) is 4.52. The van der Waals surface area contributed by atoms with E-state index in [1.54, 1.807) is 0 Å². The van der Waals surface area contributed by atoms with Crippen LogP contribution in [0.4, 0.5) is 5.95 Å². The number of aromatic amines is 1. The van der Waals surface area contributed by atoms with Crippen LogP contribution in [-0.4, -0.2) is 59.8 Å². The molecule has 10 nitrogen and oxygen atoms in total. The molecule has 0 spiro atoms. The van der Waals surface area contributed by atoms with Crippen LogP contribution >= 0.6 is 0 Å². The number of aromatic nitrogens is 4. The third kappa shape index (κ3) is 1.78. The molecule has 0 aromatic carbocycles. The maximum Gasteiger partial charge on any atom is 0.280 e. The molecule has 1 aliphatic heterocycles. The first-order valence-corrected chi connectivity index (χ1v) is 5.87. The predicted octanol–water partition coefficient (Wildman–Crippen LogP) is -2.69. The van der Waals surface area contributed by atoms with E-state index < -0.39 is 36.7 Å². The number of hydrogen-bond donors (Lipinski definition) is 5. The highest BCUT2D eigenvalue weighted by Gasteiger charge is 2.44. The molecule has 3 unspecified atom stereocenters. The minimum absolute atomic E-state index is 0.0388. The van der Waals surface area contributed by atoms with E-state index in [0.717, 1.165) is 0 Å². The van der Waals surface area contributed by atoms with E-state index in [2.05, 4.69) is 15.0 Å². The van der Waals surface area contributed by atoms with Gasteiger partial charge in [0.15, 0.2) is 17.4 Å². The minimum Gasteiger partial charge on any atom is -0.394 e. The number of nitrogens with one attached hydrogen (secondary N) is 1. The third-order valence-electron chi connectivity index (χ3n) is 3.24. The molecule has 10 heteroatoms. The second-order valence-corrected chi connectivity index (χ2v) is 4.50. The topological polar surface area (TPSA) is 160 Å². The van der Waals surface area contributed by atoms with Crippen molar-refractivity contribution < 1.29 is 20.1 Å². The van der Waals surface area contributed by atoms with Crippen molar-refractivity contribution in [3.63, 3.8) is 0 Å². The lowest BCUT2D eigenvalue weighted by atomic mass is 10.1. The van der Waals surface area contributed by atoms with Gasteiger partial charge in [-0.1, -0.05) is 0 Å². The van der Waals surface area contributed by atoms with Crippen molar-refractivity contribution in [3.8, 4) is 0 Å². The maximum atomic E-state index is 11.7. The van der Waals surface area contributed by atoms with Gasteiger partial charge in [0.25, 0.3) is 5.56 Å². The standard InChI is InChI=1S/C10H13N5O5/c11-10-13-7-4(8(19)14-10)12-2-15(7)9-6(18)5(17)3(1-16)20-9/h2-3,5-6,9,16-18H,1H2,(H3,11,13,14,19)/t3?,5-,6?,9?/m0/s1. The summed E-state index contributed by atoms with van der Waals surface area (Å²) in [6.45, 7) is -0.447. The van der Waals surface area contributed by atoms with E-state index in [0.29, 0.717) is 0 Å². The summed E-state index contributed by atoms with van der Waals surface area (Å²) in [7, 11) is 0. The van der Waals surface area contributed by atoms with Gasteiger partial charge in [0.2, 0.25) is 5.95 Å². The van der Waals surface area contributed by atoms with Crippen molar-refractivity contribution in [2.75, 3.05) is 12.3 Å². The molecule has 2 aromatic heterocycles. The lowest BCUT2D eigenvalue weighted by molar-refractivity contribution is -0.0511. The van der Waals surface area contributed by atoms with Crippen molar-refractivity contribution in [3.05, 3.63) is 16.7 Å². The Morgan fingerprint density at radius 2 is 2.20 bits per heavy atom.